The number of amides is 1. The third-order valence-corrected chi connectivity index (χ3v) is 2.47. The molecule has 92 valence electrons. The fourth-order valence-corrected chi connectivity index (χ4v) is 1.62. The van der Waals surface area contributed by atoms with Gasteiger partial charge in [0.05, 0.1) is 6.04 Å². The number of hydrogen-bond acceptors (Lipinski definition) is 3. The molecule has 18 heavy (non-hydrogen) atoms. The zero-order chi connectivity index (χ0) is 12.8. The van der Waals surface area contributed by atoms with Gasteiger partial charge in [-0.15, -0.1) is 6.58 Å². The smallest absolute Gasteiger partial charge is 0.409 e. The van der Waals surface area contributed by atoms with Gasteiger partial charge in [0, 0.05) is 6.21 Å². The summed E-state index contributed by atoms with van der Waals surface area (Å²) in [5.74, 6) is 0.504. The summed E-state index contributed by atoms with van der Waals surface area (Å²) in [5.41, 5.74) is 0. The van der Waals surface area contributed by atoms with Gasteiger partial charge < -0.3 is 4.74 Å². The molecule has 1 aliphatic heterocycles. The molecule has 1 aliphatic rings. The van der Waals surface area contributed by atoms with Gasteiger partial charge in [0.1, 0.15) is 5.75 Å². The van der Waals surface area contributed by atoms with Crippen LogP contribution in [0, 0.1) is 0 Å². The van der Waals surface area contributed by atoms with Crippen molar-refractivity contribution in [1.29, 1.82) is 0 Å². The van der Waals surface area contributed by atoms with Crippen molar-refractivity contribution in [2.75, 3.05) is 0 Å². The molecule has 0 aromatic heterocycles. The molecule has 0 bridgehead atoms. The lowest BCUT2D eigenvalue weighted by Crippen LogP contribution is -2.38. The van der Waals surface area contributed by atoms with Crippen molar-refractivity contribution in [3.05, 3.63) is 55.1 Å². The summed E-state index contributed by atoms with van der Waals surface area (Å²) in [4.78, 5) is 12.0. The van der Waals surface area contributed by atoms with E-state index in [0.717, 1.165) is 0 Å². The fourth-order valence-electron chi connectivity index (χ4n) is 1.62. The molecular formula is C14H14N2O2. The number of allylic oxidation sites excluding steroid dienone is 1. The molecule has 1 aromatic rings. The quantitative estimate of drug-likeness (QED) is 0.764. The Balaban J connectivity index is 2.06. The number of rotatable bonds is 3. The highest BCUT2D eigenvalue weighted by Crippen LogP contribution is 2.15. The van der Waals surface area contributed by atoms with E-state index in [4.69, 9.17) is 4.74 Å². The van der Waals surface area contributed by atoms with Crippen LogP contribution in [0.4, 0.5) is 4.79 Å². The van der Waals surface area contributed by atoms with E-state index in [1.807, 2.05) is 24.3 Å². The average molecular weight is 242 g/mol. The molecule has 4 heteroatoms. The van der Waals surface area contributed by atoms with Gasteiger partial charge in [0.25, 0.3) is 0 Å². The predicted octanol–water partition coefficient (Wildman–Crippen LogP) is 2.99. The monoisotopic (exact) mass is 242 g/mol. The van der Waals surface area contributed by atoms with Gasteiger partial charge in [-0.3, -0.25) is 0 Å². The highest BCUT2D eigenvalue weighted by Gasteiger charge is 2.23. The summed E-state index contributed by atoms with van der Waals surface area (Å²) in [6.07, 6.45) is 7.15. The third-order valence-electron chi connectivity index (χ3n) is 2.47. The number of benzene rings is 1. The van der Waals surface area contributed by atoms with Crippen molar-refractivity contribution in [2.45, 2.75) is 12.5 Å². The van der Waals surface area contributed by atoms with E-state index >= 15 is 0 Å². The molecule has 0 N–H and O–H groups in total. The van der Waals surface area contributed by atoms with Gasteiger partial charge in [0.15, 0.2) is 0 Å². The maximum absolute atomic E-state index is 12.0. The summed E-state index contributed by atoms with van der Waals surface area (Å²) in [6, 6.07) is 8.79. The molecule has 0 radical (unpaired) electrons. The lowest BCUT2D eigenvalue weighted by atomic mass is 10.2. The summed E-state index contributed by atoms with van der Waals surface area (Å²) in [6.45, 7) is 3.67. The summed E-state index contributed by atoms with van der Waals surface area (Å²) in [5, 5.41) is 5.34. The van der Waals surface area contributed by atoms with Crippen molar-refractivity contribution in [2.24, 2.45) is 5.10 Å². The number of hydrazone groups is 1. The highest BCUT2D eigenvalue weighted by atomic mass is 16.6. The number of ether oxygens (including phenoxy) is 1. The Labute approximate surface area is 106 Å². The van der Waals surface area contributed by atoms with Crippen molar-refractivity contribution in [3.63, 3.8) is 0 Å². The van der Waals surface area contributed by atoms with E-state index in [2.05, 4.69) is 11.7 Å². The first-order valence-corrected chi connectivity index (χ1v) is 5.69. The van der Waals surface area contributed by atoms with Crippen molar-refractivity contribution < 1.29 is 9.53 Å². The molecule has 1 unspecified atom stereocenters. The molecule has 1 heterocycles. The lowest BCUT2D eigenvalue weighted by molar-refractivity contribution is 0.143. The first-order valence-electron chi connectivity index (χ1n) is 5.69. The van der Waals surface area contributed by atoms with Crippen LogP contribution in [-0.4, -0.2) is 23.4 Å². The lowest BCUT2D eigenvalue weighted by Gasteiger charge is -2.25. The second kappa shape index (κ2) is 5.82. The first-order chi connectivity index (χ1) is 8.81. The zero-order valence-corrected chi connectivity index (χ0v) is 9.90. The Kier molecular flexibility index (Phi) is 3.91. The van der Waals surface area contributed by atoms with E-state index in [1.165, 1.54) is 5.01 Å². The van der Waals surface area contributed by atoms with E-state index in [0.29, 0.717) is 12.2 Å². The first kappa shape index (κ1) is 12.1. The molecule has 2 rings (SSSR count). The molecule has 4 nitrogen and oxygen atoms in total. The summed E-state index contributed by atoms with van der Waals surface area (Å²) < 4.78 is 5.24. The minimum absolute atomic E-state index is 0.135. The van der Waals surface area contributed by atoms with Crippen LogP contribution in [0.5, 0.6) is 5.75 Å². The Morgan fingerprint density at radius 1 is 1.44 bits per heavy atom. The molecule has 0 saturated carbocycles. The molecule has 1 amide bonds. The number of carbonyl (C=O) groups is 1. The van der Waals surface area contributed by atoms with Crippen LogP contribution in [0.3, 0.4) is 0 Å². The van der Waals surface area contributed by atoms with Gasteiger partial charge >= 0.3 is 6.09 Å². The molecule has 1 atom stereocenters. The Morgan fingerprint density at radius 2 is 2.22 bits per heavy atom. The van der Waals surface area contributed by atoms with E-state index in [1.54, 1.807) is 30.5 Å². The van der Waals surface area contributed by atoms with Crippen LogP contribution in [0.25, 0.3) is 0 Å². The molecule has 0 fully saturated rings. The summed E-state index contributed by atoms with van der Waals surface area (Å²) >= 11 is 0. The van der Waals surface area contributed by atoms with Gasteiger partial charge in [-0.25, -0.2) is 4.79 Å². The van der Waals surface area contributed by atoms with E-state index in [-0.39, 0.29) is 6.04 Å². The second-order valence-corrected chi connectivity index (χ2v) is 3.77. The number of nitrogens with zero attached hydrogens (tertiary/aromatic N) is 2. The second-order valence-electron chi connectivity index (χ2n) is 3.77. The third kappa shape index (κ3) is 2.85. The maximum Gasteiger partial charge on any atom is 0.436 e. The van der Waals surface area contributed by atoms with Crippen molar-refractivity contribution >= 4 is 12.3 Å². The van der Waals surface area contributed by atoms with E-state index < -0.39 is 6.09 Å². The Bertz CT molecular complexity index is 480. The van der Waals surface area contributed by atoms with Gasteiger partial charge in [-0.1, -0.05) is 30.4 Å². The minimum atomic E-state index is -0.492. The normalized spacial score (nSPS) is 17.6. The standard InChI is InChI=1S/C14H14N2O2/c1-2-7-12-8-6-11-15-16(12)14(17)18-13-9-4-3-5-10-13/h2-6,8-12H,1,7H2. The van der Waals surface area contributed by atoms with Crippen molar-refractivity contribution in [3.8, 4) is 5.75 Å². The predicted molar refractivity (Wildman–Crippen MR) is 70.5 cm³/mol. The van der Waals surface area contributed by atoms with Crippen molar-refractivity contribution in [1.82, 2.24) is 5.01 Å². The number of hydrogen-bond donors (Lipinski definition) is 0. The average Bonchev–Trinajstić information content (AvgIpc) is 2.41. The van der Waals surface area contributed by atoms with Gasteiger partial charge in [-0.2, -0.15) is 10.1 Å². The summed E-state index contributed by atoms with van der Waals surface area (Å²) in [7, 11) is 0. The molecular weight excluding hydrogens is 228 g/mol. The van der Waals surface area contributed by atoms with Gasteiger partial charge in [0.2, 0.25) is 0 Å². The molecule has 0 aliphatic carbocycles. The topological polar surface area (TPSA) is 41.9 Å². The SMILES string of the molecule is C=CCC1C=CC=NN1C(=O)Oc1ccccc1. The van der Waals surface area contributed by atoms with Gasteiger partial charge in [-0.05, 0) is 24.6 Å². The maximum atomic E-state index is 12.0. The van der Waals surface area contributed by atoms with Crippen LogP contribution in [0.1, 0.15) is 6.42 Å². The molecule has 0 spiro atoms. The van der Waals surface area contributed by atoms with E-state index in [9.17, 15) is 4.79 Å². The molecule has 1 aromatic carbocycles. The minimum Gasteiger partial charge on any atom is -0.409 e. The van der Waals surface area contributed by atoms with Crippen LogP contribution in [-0.2, 0) is 0 Å². The van der Waals surface area contributed by atoms with Crippen LogP contribution >= 0.6 is 0 Å². The Hall–Kier alpha value is -2.36. The number of carbonyl (C=O) groups excluding carboxylic acids is 1. The zero-order valence-electron chi connectivity index (χ0n) is 9.90. The Morgan fingerprint density at radius 3 is 2.94 bits per heavy atom. The van der Waals surface area contributed by atoms with Crippen LogP contribution in [0.15, 0.2) is 60.2 Å². The largest absolute Gasteiger partial charge is 0.436 e. The van der Waals surface area contributed by atoms with Crippen LogP contribution in [0.2, 0.25) is 0 Å². The fraction of sp³-hybridized carbons (Fsp3) is 0.143. The van der Waals surface area contributed by atoms with Crippen LogP contribution < -0.4 is 4.74 Å². The number of para-hydroxylation sites is 1. The highest BCUT2D eigenvalue weighted by molar-refractivity contribution is 5.78. The molecule has 0 saturated heterocycles.